The van der Waals surface area contributed by atoms with E-state index in [-0.39, 0.29) is 5.02 Å². The molecule has 0 saturated heterocycles. The van der Waals surface area contributed by atoms with Gasteiger partial charge in [0.1, 0.15) is 18.5 Å². The van der Waals surface area contributed by atoms with E-state index in [2.05, 4.69) is 15.4 Å². The second-order valence-corrected chi connectivity index (χ2v) is 4.90. The van der Waals surface area contributed by atoms with E-state index >= 15 is 0 Å². The molecule has 0 aliphatic rings. The Morgan fingerprint density at radius 3 is 2.62 bits per heavy atom. The van der Waals surface area contributed by atoms with E-state index in [9.17, 15) is 4.39 Å². The first-order valence-electron chi connectivity index (χ1n) is 6.35. The Kier molecular flexibility index (Phi) is 3.83. The van der Waals surface area contributed by atoms with Gasteiger partial charge >= 0.3 is 0 Å². The second-order valence-electron chi connectivity index (χ2n) is 4.49. The van der Waals surface area contributed by atoms with E-state index in [1.54, 1.807) is 23.1 Å². The number of nitrogens with zero attached hydrogens (tertiary/aromatic N) is 3. The monoisotopic (exact) mass is 302 g/mol. The number of rotatable bonds is 4. The van der Waals surface area contributed by atoms with Gasteiger partial charge in [0.15, 0.2) is 0 Å². The molecule has 0 saturated carbocycles. The highest BCUT2D eigenvalue weighted by molar-refractivity contribution is 6.30. The highest BCUT2D eigenvalue weighted by atomic mass is 35.5. The van der Waals surface area contributed by atoms with Crippen molar-refractivity contribution in [2.75, 3.05) is 5.32 Å². The molecule has 0 amide bonds. The number of aromatic nitrogens is 3. The SMILES string of the molecule is Fc1cc(CNc2ccc(-n3cncn3)cc2)ccc1Cl. The predicted octanol–water partition coefficient (Wildman–Crippen LogP) is 3.67. The molecule has 4 nitrogen and oxygen atoms in total. The highest BCUT2D eigenvalue weighted by Crippen LogP contribution is 2.17. The molecule has 106 valence electrons. The van der Waals surface area contributed by atoms with Crippen molar-refractivity contribution in [1.82, 2.24) is 14.8 Å². The van der Waals surface area contributed by atoms with Crippen LogP contribution < -0.4 is 5.32 Å². The van der Waals surface area contributed by atoms with Gasteiger partial charge in [0.2, 0.25) is 0 Å². The molecule has 2 aromatic carbocycles. The molecule has 0 spiro atoms. The van der Waals surface area contributed by atoms with Gasteiger partial charge in [0.25, 0.3) is 0 Å². The van der Waals surface area contributed by atoms with E-state index in [4.69, 9.17) is 11.6 Å². The summed E-state index contributed by atoms with van der Waals surface area (Å²) in [6.45, 7) is 0.525. The lowest BCUT2D eigenvalue weighted by Gasteiger charge is -2.08. The summed E-state index contributed by atoms with van der Waals surface area (Å²) in [6, 6.07) is 12.5. The average molecular weight is 303 g/mol. The molecule has 21 heavy (non-hydrogen) atoms. The summed E-state index contributed by atoms with van der Waals surface area (Å²) >= 11 is 5.66. The minimum absolute atomic E-state index is 0.135. The maximum Gasteiger partial charge on any atom is 0.142 e. The standard InChI is InChI=1S/C15H12ClFN4/c16-14-6-1-11(7-15(14)17)8-19-12-2-4-13(5-3-12)21-10-18-9-20-21/h1-7,9-10,19H,8H2. The number of halogens is 2. The first kappa shape index (κ1) is 13.6. The first-order chi connectivity index (χ1) is 10.2. The Hall–Kier alpha value is -2.40. The molecule has 1 heterocycles. The summed E-state index contributed by atoms with van der Waals surface area (Å²) < 4.78 is 15.0. The molecule has 6 heteroatoms. The lowest BCUT2D eigenvalue weighted by molar-refractivity contribution is 0.626. The van der Waals surface area contributed by atoms with Gasteiger partial charge in [-0.2, -0.15) is 5.10 Å². The summed E-state index contributed by atoms with van der Waals surface area (Å²) in [7, 11) is 0. The Labute approximate surface area is 126 Å². The van der Waals surface area contributed by atoms with Crippen molar-refractivity contribution in [2.24, 2.45) is 0 Å². The van der Waals surface area contributed by atoms with Crippen LogP contribution in [-0.4, -0.2) is 14.8 Å². The van der Waals surface area contributed by atoms with Crippen molar-refractivity contribution in [3.05, 3.63) is 71.5 Å². The largest absolute Gasteiger partial charge is 0.381 e. The van der Waals surface area contributed by atoms with Gasteiger partial charge in [-0.15, -0.1) is 0 Å². The lowest BCUT2D eigenvalue weighted by Crippen LogP contribution is -2.00. The van der Waals surface area contributed by atoms with E-state index in [0.29, 0.717) is 6.54 Å². The third kappa shape index (κ3) is 3.20. The van der Waals surface area contributed by atoms with Crippen molar-refractivity contribution >= 4 is 17.3 Å². The normalized spacial score (nSPS) is 10.6. The van der Waals surface area contributed by atoms with Crippen molar-refractivity contribution in [1.29, 1.82) is 0 Å². The van der Waals surface area contributed by atoms with Gasteiger partial charge in [-0.05, 0) is 42.0 Å². The predicted molar refractivity (Wildman–Crippen MR) is 80.1 cm³/mol. The summed E-state index contributed by atoms with van der Waals surface area (Å²) in [5.41, 5.74) is 2.70. The molecular formula is C15H12ClFN4. The van der Waals surface area contributed by atoms with Gasteiger partial charge in [0.05, 0.1) is 10.7 Å². The molecule has 0 bridgehead atoms. The van der Waals surface area contributed by atoms with Gasteiger partial charge in [-0.3, -0.25) is 0 Å². The molecule has 0 fully saturated rings. The Balaban J connectivity index is 1.66. The van der Waals surface area contributed by atoms with Crippen LogP contribution in [0.1, 0.15) is 5.56 Å². The lowest BCUT2D eigenvalue weighted by atomic mass is 10.2. The van der Waals surface area contributed by atoms with Crippen LogP contribution in [-0.2, 0) is 6.54 Å². The average Bonchev–Trinajstić information content (AvgIpc) is 3.03. The third-order valence-corrected chi connectivity index (χ3v) is 3.34. The second kappa shape index (κ2) is 5.93. The molecule has 0 unspecified atom stereocenters. The fraction of sp³-hybridized carbons (Fsp3) is 0.0667. The molecule has 1 N–H and O–H groups in total. The third-order valence-electron chi connectivity index (χ3n) is 3.03. The van der Waals surface area contributed by atoms with Crippen LogP contribution in [0.2, 0.25) is 5.02 Å². The van der Waals surface area contributed by atoms with Gasteiger partial charge in [-0.25, -0.2) is 14.1 Å². The van der Waals surface area contributed by atoms with Gasteiger partial charge in [-0.1, -0.05) is 17.7 Å². The summed E-state index contributed by atoms with van der Waals surface area (Å²) in [5, 5.41) is 7.42. The van der Waals surface area contributed by atoms with Crippen LogP contribution in [0.25, 0.3) is 5.69 Å². The maximum absolute atomic E-state index is 13.3. The molecule has 0 radical (unpaired) electrons. The molecule has 3 rings (SSSR count). The number of anilines is 1. The molecule has 0 aliphatic heterocycles. The van der Waals surface area contributed by atoms with Gasteiger partial charge < -0.3 is 5.32 Å². The van der Waals surface area contributed by atoms with E-state index in [0.717, 1.165) is 16.9 Å². The van der Waals surface area contributed by atoms with E-state index in [1.165, 1.54) is 12.4 Å². The molecule has 0 atom stereocenters. The molecular weight excluding hydrogens is 291 g/mol. The van der Waals surface area contributed by atoms with Crippen LogP contribution >= 0.6 is 11.6 Å². The van der Waals surface area contributed by atoms with Crippen LogP contribution in [0.3, 0.4) is 0 Å². The Bertz CT molecular complexity index is 726. The smallest absolute Gasteiger partial charge is 0.142 e. The number of benzene rings is 2. The summed E-state index contributed by atoms with van der Waals surface area (Å²) in [5.74, 6) is -0.405. The first-order valence-corrected chi connectivity index (χ1v) is 6.73. The minimum atomic E-state index is -0.405. The minimum Gasteiger partial charge on any atom is -0.381 e. The van der Waals surface area contributed by atoms with Crippen molar-refractivity contribution < 1.29 is 4.39 Å². The Morgan fingerprint density at radius 1 is 1.14 bits per heavy atom. The molecule has 0 aliphatic carbocycles. The van der Waals surface area contributed by atoms with Crippen molar-refractivity contribution in [2.45, 2.75) is 6.54 Å². The fourth-order valence-electron chi connectivity index (χ4n) is 1.93. The fourth-order valence-corrected chi connectivity index (χ4v) is 2.04. The molecule has 1 aromatic heterocycles. The Morgan fingerprint density at radius 2 is 1.95 bits per heavy atom. The van der Waals surface area contributed by atoms with Crippen LogP contribution in [0, 0.1) is 5.82 Å². The zero-order chi connectivity index (χ0) is 14.7. The summed E-state index contributed by atoms with van der Waals surface area (Å²) in [4.78, 5) is 3.90. The van der Waals surface area contributed by atoms with Crippen LogP contribution in [0.15, 0.2) is 55.1 Å². The van der Waals surface area contributed by atoms with Crippen LogP contribution in [0.5, 0.6) is 0 Å². The zero-order valence-electron chi connectivity index (χ0n) is 11.0. The van der Waals surface area contributed by atoms with Crippen LogP contribution in [0.4, 0.5) is 10.1 Å². The topological polar surface area (TPSA) is 42.7 Å². The highest BCUT2D eigenvalue weighted by Gasteiger charge is 2.01. The van der Waals surface area contributed by atoms with E-state index in [1.807, 2.05) is 24.3 Å². The van der Waals surface area contributed by atoms with Crippen molar-refractivity contribution in [3.8, 4) is 5.69 Å². The zero-order valence-corrected chi connectivity index (χ0v) is 11.8. The quantitative estimate of drug-likeness (QED) is 0.799. The van der Waals surface area contributed by atoms with Gasteiger partial charge in [0, 0.05) is 12.2 Å². The number of hydrogen-bond donors (Lipinski definition) is 1. The number of nitrogens with one attached hydrogen (secondary N) is 1. The summed E-state index contributed by atoms with van der Waals surface area (Å²) in [6.07, 6.45) is 3.13. The van der Waals surface area contributed by atoms with E-state index < -0.39 is 5.82 Å². The maximum atomic E-state index is 13.3. The number of hydrogen-bond acceptors (Lipinski definition) is 3. The van der Waals surface area contributed by atoms with Crippen molar-refractivity contribution in [3.63, 3.8) is 0 Å². The molecule has 3 aromatic rings.